The van der Waals surface area contributed by atoms with Crippen molar-refractivity contribution in [3.8, 4) is 16.9 Å². The molecule has 0 aliphatic heterocycles. The lowest BCUT2D eigenvalue weighted by Crippen LogP contribution is -2.08. The van der Waals surface area contributed by atoms with Crippen LogP contribution in [0.2, 0.25) is 5.02 Å². The number of aryl methyl sites for hydroxylation is 1. The summed E-state index contributed by atoms with van der Waals surface area (Å²) in [6.45, 7) is 1.73. The maximum absolute atomic E-state index is 13.0. The molecule has 1 heterocycles. The number of carbonyl (C=O) groups is 1. The maximum atomic E-state index is 13.0. The highest BCUT2D eigenvalue weighted by atomic mass is 35.5. The van der Waals surface area contributed by atoms with Crippen LogP contribution >= 0.6 is 11.6 Å². The van der Waals surface area contributed by atoms with Crippen molar-refractivity contribution in [1.29, 1.82) is 0 Å². The molecule has 3 aromatic carbocycles. The highest BCUT2D eigenvalue weighted by Crippen LogP contribution is 2.27. The number of hydrogen-bond acceptors (Lipinski definition) is 4. The van der Waals surface area contributed by atoms with E-state index in [1.54, 1.807) is 55.5 Å². The van der Waals surface area contributed by atoms with Crippen molar-refractivity contribution in [2.75, 3.05) is 0 Å². The summed E-state index contributed by atoms with van der Waals surface area (Å²) in [5, 5.41) is 1.000. The molecule has 0 fully saturated rings. The van der Waals surface area contributed by atoms with E-state index >= 15 is 0 Å². The molecular weight excluding hydrogens is 400 g/mol. The third kappa shape index (κ3) is 4.19. The van der Waals surface area contributed by atoms with Crippen LogP contribution in [0.5, 0.6) is 5.75 Å². The Morgan fingerprint density at radius 3 is 2.47 bits per heavy atom. The molecule has 0 bridgehead atoms. The number of benzene rings is 3. The Bertz CT molecular complexity index is 1300. The van der Waals surface area contributed by atoms with Crippen molar-refractivity contribution in [3.63, 3.8) is 0 Å². The minimum atomic E-state index is -0.518. The predicted molar refractivity (Wildman–Crippen MR) is 119 cm³/mol. The quantitative estimate of drug-likeness (QED) is 0.231. The zero-order chi connectivity index (χ0) is 21.1. The van der Waals surface area contributed by atoms with E-state index in [2.05, 4.69) is 0 Å². The summed E-state index contributed by atoms with van der Waals surface area (Å²) < 4.78 is 11.2. The Balaban J connectivity index is 1.62. The Kier molecular flexibility index (Phi) is 5.50. The van der Waals surface area contributed by atoms with Gasteiger partial charge >= 0.3 is 5.97 Å². The smallest absolute Gasteiger partial charge is 0.336 e. The van der Waals surface area contributed by atoms with Gasteiger partial charge in [0.05, 0.1) is 10.9 Å². The number of carbonyl (C=O) groups excluding carboxylic acids is 1. The Labute approximate surface area is 178 Å². The summed E-state index contributed by atoms with van der Waals surface area (Å²) in [4.78, 5) is 25.1. The highest BCUT2D eigenvalue weighted by Gasteiger charge is 2.14. The SMILES string of the molecule is Cc1oc2cc(OC(=O)C=Cc3ccccc3)ccc2c(=O)c1-c1ccc(Cl)cc1. The third-order valence-corrected chi connectivity index (χ3v) is 4.85. The molecule has 5 heteroatoms. The molecule has 0 aliphatic carbocycles. The van der Waals surface area contributed by atoms with E-state index in [0.29, 0.717) is 33.1 Å². The fourth-order valence-corrected chi connectivity index (χ4v) is 3.30. The van der Waals surface area contributed by atoms with Gasteiger partial charge in [-0.05, 0) is 48.4 Å². The van der Waals surface area contributed by atoms with Crippen LogP contribution in [0.15, 0.2) is 88.1 Å². The minimum Gasteiger partial charge on any atom is -0.460 e. The minimum absolute atomic E-state index is 0.155. The van der Waals surface area contributed by atoms with Crippen LogP contribution in [0.25, 0.3) is 28.2 Å². The summed E-state index contributed by atoms with van der Waals surface area (Å²) in [6, 6.07) is 21.2. The molecular formula is C25H17ClO4. The summed E-state index contributed by atoms with van der Waals surface area (Å²) >= 11 is 5.94. The van der Waals surface area contributed by atoms with Gasteiger partial charge in [0.15, 0.2) is 0 Å². The summed E-state index contributed by atoms with van der Waals surface area (Å²) in [5.41, 5.74) is 2.30. The van der Waals surface area contributed by atoms with Crippen molar-refractivity contribution in [3.05, 3.63) is 105 Å². The van der Waals surface area contributed by atoms with Gasteiger partial charge in [0.2, 0.25) is 5.43 Å². The van der Waals surface area contributed by atoms with E-state index in [1.165, 1.54) is 6.08 Å². The second-order valence-electron chi connectivity index (χ2n) is 6.69. The monoisotopic (exact) mass is 416 g/mol. The second kappa shape index (κ2) is 8.39. The van der Waals surface area contributed by atoms with Crippen LogP contribution in [-0.2, 0) is 4.79 Å². The topological polar surface area (TPSA) is 56.5 Å². The van der Waals surface area contributed by atoms with Gasteiger partial charge in [0.25, 0.3) is 0 Å². The van der Waals surface area contributed by atoms with E-state index in [1.807, 2.05) is 30.3 Å². The van der Waals surface area contributed by atoms with Gasteiger partial charge in [-0.25, -0.2) is 4.79 Å². The lowest BCUT2D eigenvalue weighted by Gasteiger charge is -2.08. The van der Waals surface area contributed by atoms with Gasteiger partial charge < -0.3 is 9.15 Å². The van der Waals surface area contributed by atoms with Crippen LogP contribution in [0.1, 0.15) is 11.3 Å². The molecule has 0 saturated heterocycles. The average molecular weight is 417 g/mol. The first-order valence-electron chi connectivity index (χ1n) is 9.29. The van der Waals surface area contributed by atoms with Gasteiger partial charge in [0, 0.05) is 17.2 Å². The first kappa shape index (κ1) is 19.7. The van der Waals surface area contributed by atoms with Crippen molar-refractivity contribution >= 4 is 34.6 Å². The van der Waals surface area contributed by atoms with Gasteiger partial charge in [-0.2, -0.15) is 0 Å². The van der Waals surface area contributed by atoms with Crippen LogP contribution in [0.3, 0.4) is 0 Å². The molecule has 0 unspecified atom stereocenters. The molecule has 0 N–H and O–H groups in total. The Morgan fingerprint density at radius 2 is 1.73 bits per heavy atom. The van der Waals surface area contributed by atoms with Crippen LogP contribution < -0.4 is 10.2 Å². The first-order valence-corrected chi connectivity index (χ1v) is 9.67. The molecule has 148 valence electrons. The molecule has 4 nitrogen and oxygen atoms in total. The fourth-order valence-electron chi connectivity index (χ4n) is 3.18. The van der Waals surface area contributed by atoms with Crippen molar-refractivity contribution in [2.45, 2.75) is 6.92 Å². The number of fused-ring (bicyclic) bond motifs is 1. The molecule has 0 aliphatic rings. The number of ether oxygens (including phenoxy) is 1. The maximum Gasteiger partial charge on any atom is 0.336 e. The van der Waals surface area contributed by atoms with Crippen molar-refractivity contribution in [2.24, 2.45) is 0 Å². The molecule has 4 aromatic rings. The first-order chi connectivity index (χ1) is 14.5. The normalized spacial score (nSPS) is 11.1. The highest BCUT2D eigenvalue weighted by molar-refractivity contribution is 6.30. The molecule has 0 amide bonds. The van der Waals surface area contributed by atoms with E-state index in [9.17, 15) is 9.59 Å². The lowest BCUT2D eigenvalue weighted by molar-refractivity contribution is -0.128. The van der Waals surface area contributed by atoms with Gasteiger partial charge in [0.1, 0.15) is 17.1 Å². The summed E-state index contributed by atoms with van der Waals surface area (Å²) in [7, 11) is 0. The molecule has 1 aromatic heterocycles. The standard InChI is InChI=1S/C25H17ClO4/c1-16-24(18-8-10-19(26)11-9-18)25(28)21-13-12-20(15-22(21)29-16)30-23(27)14-7-17-5-3-2-4-6-17/h2-15H,1H3. The number of hydrogen-bond donors (Lipinski definition) is 0. The van der Waals surface area contributed by atoms with Crippen LogP contribution in [-0.4, -0.2) is 5.97 Å². The summed E-state index contributed by atoms with van der Waals surface area (Å²) in [6.07, 6.45) is 3.02. The fraction of sp³-hybridized carbons (Fsp3) is 0.0400. The molecule has 0 radical (unpaired) electrons. The predicted octanol–water partition coefficient (Wildman–Crippen LogP) is 6.04. The number of esters is 1. The van der Waals surface area contributed by atoms with Crippen molar-refractivity contribution in [1.82, 2.24) is 0 Å². The second-order valence-corrected chi connectivity index (χ2v) is 7.13. The molecule has 4 rings (SSSR count). The summed E-state index contributed by atoms with van der Waals surface area (Å²) in [5.74, 6) is 0.254. The molecule has 0 saturated carbocycles. The van der Waals surface area contributed by atoms with Crippen molar-refractivity contribution < 1.29 is 13.9 Å². The van der Waals surface area contributed by atoms with E-state index < -0.39 is 5.97 Å². The van der Waals surface area contributed by atoms with Gasteiger partial charge in [-0.15, -0.1) is 0 Å². The Hall–Kier alpha value is -3.63. The van der Waals surface area contributed by atoms with Gasteiger partial charge in [-0.3, -0.25) is 4.79 Å². The van der Waals surface area contributed by atoms with E-state index in [4.69, 9.17) is 20.8 Å². The third-order valence-electron chi connectivity index (χ3n) is 4.60. The largest absolute Gasteiger partial charge is 0.460 e. The zero-order valence-corrected chi connectivity index (χ0v) is 16.8. The average Bonchev–Trinajstić information content (AvgIpc) is 2.74. The van der Waals surface area contributed by atoms with Crippen LogP contribution in [0, 0.1) is 6.92 Å². The van der Waals surface area contributed by atoms with Gasteiger partial charge in [-0.1, -0.05) is 54.1 Å². The lowest BCUT2D eigenvalue weighted by atomic mass is 10.0. The van der Waals surface area contributed by atoms with E-state index in [-0.39, 0.29) is 5.43 Å². The zero-order valence-electron chi connectivity index (χ0n) is 16.1. The Morgan fingerprint density at radius 1 is 1.00 bits per heavy atom. The molecule has 0 atom stereocenters. The molecule has 0 spiro atoms. The number of rotatable bonds is 4. The molecule has 30 heavy (non-hydrogen) atoms. The van der Waals surface area contributed by atoms with E-state index in [0.717, 1.165) is 11.1 Å². The van der Waals surface area contributed by atoms with Crippen LogP contribution in [0.4, 0.5) is 0 Å². The number of halogens is 1.